The maximum Gasteiger partial charge on any atom is 0.127 e. The minimum atomic E-state index is 0.305. The molecule has 2 heterocycles. The molecule has 1 saturated heterocycles. The molecule has 3 rings (SSSR count). The Morgan fingerprint density at radius 2 is 2.05 bits per heavy atom. The molecule has 5 nitrogen and oxygen atoms in total. The van der Waals surface area contributed by atoms with Gasteiger partial charge in [0.05, 0.1) is 30.3 Å². The highest BCUT2D eigenvalue weighted by Crippen LogP contribution is 2.25. The summed E-state index contributed by atoms with van der Waals surface area (Å²) in [5.41, 5.74) is 7.98. The Hall–Kier alpha value is -1.43. The molecular formula is C16H24N4O. The first-order chi connectivity index (χ1) is 10.3. The molecule has 1 aliphatic heterocycles. The lowest BCUT2D eigenvalue weighted by molar-refractivity contribution is 0.0176. The normalized spacial score (nSPS) is 18.2. The zero-order valence-corrected chi connectivity index (χ0v) is 12.7. The fourth-order valence-corrected chi connectivity index (χ4v) is 3.03. The molecular weight excluding hydrogens is 264 g/mol. The summed E-state index contributed by atoms with van der Waals surface area (Å²) in [5, 5.41) is 0. The Labute approximate surface area is 125 Å². The number of fused-ring (bicyclic) bond motifs is 1. The van der Waals surface area contributed by atoms with Crippen LogP contribution < -0.4 is 5.73 Å². The van der Waals surface area contributed by atoms with Crippen molar-refractivity contribution in [1.82, 2.24) is 14.5 Å². The van der Waals surface area contributed by atoms with E-state index in [4.69, 9.17) is 15.5 Å². The van der Waals surface area contributed by atoms with Gasteiger partial charge in [-0.3, -0.25) is 4.90 Å². The van der Waals surface area contributed by atoms with Gasteiger partial charge >= 0.3 is 0 Å². The number of benzene rings is 1. The second-order valence-electron chi connectivity index (χ2n) is 5.58. The Morgan fingerprint density at radius 1 is 1.29 bits per heavy atom. The van der Waals surface area contributed by atoms with Gasteiger partial charge in [0.2, 0.25) is 0 Å². The molecule has 1 atom stereocenters. The molecule has 0 aliphatic carbocycles. The monoisotopic (exact) mass is 288 g/mol. The molecule has 1 unspecified atom stereocenters. The minimum absolute atomic E-state index is 0.305. The molecule has 114 valence electrons. The molecule has 1 fully saturated rings. The van der Waals surface area contributed by atoms with E-state index >= 15 is 0 Å². The zero-order chi connectivity index (χ0) is 14.7. The van der Waals surface area contributed by atoms with Gasteiger partial charge in [0.25, 0.3) is 0 Å². The summed E-state index contributed by atoms with van der Waals surface area (Å²) >= 11 is 0. The molecule has 0 amide bonds. The zero-order valence-electron chi connectivity index (χ0n) is 12.7. The van der Waals surface area contributed by atoms with Gasteiger partial charge in [0, 0.05) is 19.6 Å². The average molecular weight is 288 g/mol. The lowest BCUT2D eigenvalue weighted by Crippen LogP contribution is -2.39. The first kappa shape index (κ1) is 14.5. The van der Waals surface area contributed by atoms with Crippen molar-refractivity contribution in [2.24, 2.45) is 5.73 Å². The maximum atomic E-state index is 5.70. The third-order valence-electron chi connectivity index (χ3n) is 4.24. The van der Waals surface area contributed by atoms with Crippen LogP contribution in [0.25, 0.3) is 11.0 Å². The standard InChI is InChI=1S/C16H24N4O/c1-13(19-9-11-21-12-10-19)16-18-14-5-2-3-6-15(14)20(16)8-4-7-17/h2-3,5-6,13H,4,7-12,17H2,1H3. The first-order valence-corrected chi connectivity index (χ1v) is 7.78. The predicted octanol–water partition coefficient (Wildman–Crippen LogP) is 1.78. The van der Waals surface area contributed by atoms with Crippen LogP contribution in [-0.2, 0) is 11.3 Å². The number of nitrogens with two attached hydrogens (primary N) is 1. The number of hydrogen-bond acceptors (Lipinski definition) is 4. The number of ether oxygens (including phenoxy) is 1. The highest BCUT2D eigenvalue weighted by Gasteiger charge is 2.23. The van der Waals surface area contributed by atoms with Crippen molar-refractivity contribution in [2.75, 3.05) is 32.8 Å². The van der Waals surface area contributed by atoms with Crippen molar-refractivity contribution in [3.05, 3.63) is 30.1 Å². The summed E-state index contributed by atoms with van der Waals surface area (Å²) in [7, 11) is 0. The van der Waals surface area contributed by atoms with Crippen molar-refractivity contribution in [2.45, 2.75) is 25.9 Å². The van der Waals surface area contributed by atoms with Gasteiger partial charge in [0.1, 0.15) is 5.82 Å². The number of hydrogen-bond donors (Lipinski definition) is 1. The molecule has 21 heavy (non-hydrogen) atoms. The van der Waals surface area contributed by atoms with Crippen LogP contribution in [0.2, 0.25) is 0 Å². The summed E-state index contributed by atoms with van der Waals surface area (Å²) < 4.78 is 7.79. The van der Waals surface area contributed by atoms with Gasteiger partial charge in [-0.05, 0) is 32.0 Å². The quantitative estimate of drug-likeness (QED) is 0.911. The van der Waals surface area contributed by atoms with Crippen LogP contribution in [0.5, 0.6) is 0 Å². The number of morpholine rings is 1. The Morgan fingerprint density at radius 3 is 2.81 bits per heavy atom. The molecule has 2 aromatic rings. The highest BCUT2D eigenvalue weighted by atomic mass is 16.5. The lowest BCUT2D eigenvalue weighted by atomic mass is 10.2. The van der Waals surface area contributed by atoms with Crippen molar-refractivity contribution in [3.8, 4) is 0 Å². The molecule has 1 aromatic carbocycles. The van der Waals surface area contributed by atoms with E-state index in [0.717, 1.165) is 50.6 Å². The predicted molar refractivity (Wildman–Crippen MR) is 84.2 cm³/mol. The number of aromatic nitrogens is 2. The number of rotatable bonds is 5. The van der Waals surface area contributed by atoms with E-state index in [9.17, 15) is 0 Å². The van der Waals surface area contributed by atoms with E-state index < -0.39 is 0 Å². The molecule has 5 heteroatoms. The molecule has 0 bridgehead atoms. The van der Waals surface area contributed by atoms with Crippen molar-refractivity contribution >= 4 is 11.0 Å². The summed E-state index contributed by atoms with van der Waals surface area (Å²) in [6, 6.07) is 8.66. The van der Waals surface area contributed by atoms with Crippen LogP contribution in [0.4, 0.5) is 0 Å². The summed E-state index contributed by atoms with van der Waals surface area (Å²) in [6.45, 7) is 7.45. The molecule has 1 aliphatic rings. The van der Waals surface area contributed by atoms with E-state index in [1.165, 1.54) is 5.52 Å². The molecule has 0 radical (unpaired) electrons. The highest BCUT2D eigenvalue weighted by molar-refractivity contribution is 5.76. The van der Waals surface area contributed by atoms with E-state index in [-0.39, 0.29) is 0 Å². The second-order valence-corrected chi connectivity index (χ2v) is 5.58. The summed E-state index contributed by atoms with van der Waals surface area (Å²) in [4.78, 5) is 7.33. The van der Waals surface area contributed by atoms with E-state index in [2.05, 4.69) is 34.6 Å². The Balaban J connectivity index is 1.95. The van der Waals surface area contributed by atoms with Gasteiger partial charge in [-0.25, -0.2) is 4.98 Å². The molecule has 1 aromatic heterocycles. The van der Waals surface area contributed by atoms with Crippen molar-refractivity contribution in [3.63, 3.8) is 0 Å². The van der Waals surface area contributed by atoms with E-state index in [1.54, 1.807) is 0 Å². The third kappa shape index (κ3) is 2.95. The van der Waals surface area contributed by atoms with Crippen LogP contribution in [0, 0.1) is 0 Å². The second kappa shape index (κ2) is 6.56. The van der Waals surface area contributed by atoms with Gasteiger partial charge in [0.15, 0.2) is 0 Å². The van der Waals surface area contributed by atoms with Crippen molar-refractivity contribution in [1.29, 1.82) is 0 Å². The number of para-hydroxylation sites is 2. The number of nitrogens with zero attached hydrogens (tertiary/aromatic N) is 3. The fraction of sp³-hybridized carbons (Fsp3) is 0.562. The fourth-order valence-electron chi connectivity index (χ4n) is 3.03. The molecule has 0 saturated carbocycles. The van der Waals surface area contributed by atoms with Crippen LogP contribution in [0.1, 0.15) is 25.2 Å². The maximum absolute atomic E-state index is 5.70. The smallest absolute Gasteiger partial charge is 0.127 e. The summed E-state index contributed by atoms with van der Waals surface area (Å²) in [6.07, 6.45) is 0.975. The number of imidazole rings is 1. The first-order valence-electron chi connectivity index (χ1n) is 7.78. The molecule has 0 spiro atoms. The number of aryl methyl sites for hydroxylation is 1. The Bertz CT molecular complexity index is 589. The van der Waals surface area contributed by atoms with Crippen LogP contribution in [0.15, 0.2) is 24.3 Å². The van der Waals surface area contributed by atoms with Crippen LogP contribution >= 0.6 is 0 Å². The largest absolute Gasteiger partial charge is 0.379 e. The molecule has 2 N–H and O–H groups in total. The van der Waals surface area contributed by atoms with Crippen LogP contribution in [0.3, 0.4) is 0 Å². The topological polar surface area (TPSA) is 56.3 Å². The average Bonchev–Trinajstić information content (AvgIpc) is 2.91. The van der Waals surface area contributed by atoms with Gasteiger partial charge in [-0.15, -0.1) is 0 Å². The van der Waals surface area contributed by atoms with Crippen molar-refractivity contribution < 1.29 is 4.74 Å². The van der Waals surface area contributed by atoms with E-state index in [0.29, 0.717) is 12.6 Å². The van der Waals surface area contributed by atoms with Gasteiger partial charge in [-0.1, -0.05) is 12.1 Å². The van der Waals surface area contributed by atoms with Gasteiger partial charge < -0.3 is 15.0 Å². The van der Waals surface area contributed by atoms with E-state index in [1.807, 2.05) is 6.07 Å². The lowest BCUT2D eigenvalue weighted by Gasteiger charge is -2.32. The SMILES string of the molecule is CC(c1nc2ccccc2n1CCCN)N1CCOCC1. The van der Waals surface area contributed by atoms with Gasteiger partial charge in [-0.2, -0.15) is 0 Å². The van der Waals surface area contributed by atoms with Crippen LogP contribution in [-0.4, -0.2) is 47.3 Å². The Kier molecular flexibility index (Phi) is 4.53. The minimum Gasteiger partial charge on any atom is -0.379 e. The third-order valence-corrected chi connectivity index (χ3v) is 4.24. The summed E-state index contributed by atoms with van der Waals surface area (Å²) in [5.74, 6) is 1.14.